The standard InChI is InChI=1S/C60H60N2O2/c1-3-5-7-9-11-21-39-61-47(31-35-53-49-27-17-13-23-43(49)41-44-24-14-18-28-50(44)53)33-37-55(61)57-59(63)58(60(57)64)56-38-34-48(62(56)40-22-12-10-8-6-4-2)32-36-54-51-29-19-15-25-45(51)42-46-26-16-20-30-52(46)54/h13-20,23-38,41-42H,3-12,21-22,39-40H2,1-2H3/b35-31+,36-32+. The first-order chi connectivity index (χ1) is 31.6. The van der Waals surface area contributed by atoms with E-state index in [4.69, 9.17) is 0 Å². The Kier molecular flexibility index (Phi) is 13.3. The molecule has 0 atom stereocenters. The molecule has 0 unspecified atom stereocenters. The lowest BCUT2D eigenvalue weighted by atomic mass is 9.84. The molecular formula is C60H60N2O2. The van der Waals surface area contributed by atoms with Gasteiger partial charge in [-0.25, -0.2) is 0 Å². The Morgan fingerprint density at radius 3 is 1.53 bits per heavy atom. The van der Waals surface area contributed by atoms with E-state index in [0.29, 0.717) is 11.1 Å². The van der Waals surface area contributed by atoms with E-state index >= 15 is 0 Å². The Balaban J connectivity index is 1.09. The summed E-state index contributed by atoms with van der Waals surface area (Å²) in [6.07, 6.45) is 26.8. The van der Waals surface area contributed by atoms with Crippen molar-refractivity contribution in [1.82, 2.24) is 4.57 Å². The van der Waals surface area contributed by atoms with E-state index in [1.165, 1.54) is 106 Å². The molecule has 0 fully saturated rings. The Bertz CT molecular complexity index is 2950. The van der Waals surface area contributed by atoms with E-state index in [2.05, 4.69) is 169 Å². The van der Waals surface area contributed by atoms with Gasteiger partial charge in [-0.15, -0.1) is 0 Å². The van der Waals surface area contributed by atoms with E-state index in [0.717, 1.165) is 61.6 Å². The van der Waals surface area contributed by atoms with Gasteiger partial charge in [-0.05, 0) is 103 Å². The third-order valence-corrected chi connectivity index (χ3v) is 13.4. The van der Waals surface area contributed by atoms with Gasteiger partial charge in [0, 0.05) is 42.5 Å². The monoisotopic (exact) mass is 840 g/mol. The number of unbranched alkanes of at least 4 members (excludes halogenated alkanes) is 10. The maximum Gasteiger partial charge on any atom is 0.216 e. The van der Waals surface area contributed by atoms with Crippen molar-refractivity contribution in [3.05, 3.63) is 179 Å². The largest absolute Gasteiger partial charge is 0.871 e. The zero-order valence-electron chi connectivity index (χ0n) is 37.6. The van der Waals surface area contributed by atoms with Crippen LogP contribution in [0.3, 0.4) is 0 Å². The van der Waals surface area contributed by atoms with Gasteiger partial charge in [0.25, 0.3) is 0 Å². The smallest absolute Gasteiger partial charge is 0.216 e. The second-order valence-corrected chi connectivity index (χ2v) is 17.7. The Labute approximate surface area is 379 Å². The molecule has 0 saturated heterocycles. The van der Waals surface area contributed by atoms with E-state index < -0.39 is 0 Å². The molecule has 6 aromatic carbocycles. The Morgan fingerprint density at radius 2 is 1.00 bits per heavy atom. The van der Waals surface area contributed by atoms with Gasteiger partial charge in [0.15, 0.2) is 0 Å². The van der Waals surface area contributed by atoms with Crippen LogP contribution in [0.4, 0.5) is 0 Å². The molecule has 322 valence electrons. The van der Waals surface area contributed by atoms with Gasteiger partial charge in [-0.3, -0.25) is 4.79 Å². The van der Waals surface area contributed by atoms with Crippen LogP contribution in [0.2, 0.25) is 0 Å². The summed E-state index contributed by atoms with van der Waals surface area (Å²) in [7, 11) is 0. The molecule has 1 aliphatic heterocycles. The molecule has 0 spiro atoms. The topological polar surface area (TPSA) is 48.1 Å². The molecule has 1 aromatic heterocycles. The number of rotatable bonds is 19. The van der Waals surface area contributed by atoms with Gasteiger partial charge in [0.05, 0.1) is 11.3 Å². The Hall–Kier alpha value is -6.52. The van der Waals surface area contributed by atoms with Crippen LogP contribution in [-0.4, -0.2) is 27.2 Å². The number of aromatic nitrogens is 1. The minimum absolute atomic E-state index is 0.152. The van der Waals surface area contributed by atoms with Crippen LogP contribution in [0.1, 0.15) is 113 Å². The van der Waals surface area contributed by atoms with E-state index in [-0.39, 0.29) is 11.5 Å². The van der Waals surface area contributed by atoms with Crippen LogP contribution in [0.25, 0.3) is 66.9 Å². The molecule has 7 aromatic rings. The van der Waals surface area contributed by atoms with Gasteiger partial charge >= 0.3 is 0 Å². The normalized spacial score (nSPS) is 15.5. The minimum atomic E-state index is -0.152. The molecule has 0 amide bonds. The molecule has 2 heterocycles. The van der Waals surface area contributed by atoms with Crippen molar-refractivity contribution in [2.75, 3.05) is 6.54 Å². The van der Waals surface area contributed by atoms with Crippen molar-refractivity contribution in [1.29, 1.82) is 0 Å². The highest BCUT2D eigenvalue weighted by Gasteiger charge is 2.38. The van der Waals surface area contributed by atoms with Crippen molar-refractivity contribution < 1.29 is 14.5 Å². The van der Waals surface area contributed by atoms with Crippen LogP contribution in [0, 0.1) is 0 Å². The van der Waals surface area contributed by atoms with Crippen molar-refractivity contribution in [3.63, 3.8) is 0 Å². The quantitative estimate of drug-likeness (QED) is 0.0352. The molecule has 4 heteroatoms. The maximum atomic E-state index is 14.6. The SMILES string of the molecule is CCCCCCCCn1c(/C=C/c2c3ccccc3cc3ccccc23)ccc1C1=C([O-])C(=C2C=CC(/C=C/c3c4ccccc4cc4ccccc34)=[N+]2CCCCCCCC)C1=O. The molecule has 0 bridgehead atoms. The van der Waals surface area contributed by atoms with Gasteiger partial charge in [-0.2, -0.15) is 4.58 Å². The maximum absolute atomic E-state index is 14.6. The third-order valence-electron chi connectivity index (χ3n) is 13.4. The average molecular weight is 841 g/mol. The molecule has 0 saturated carbocycles. The van der Waals surface area contributed by atoms with Crippen molar-refractivity contribution in [2.24, 2.45) is 0 Å². The number of hydrogen-bond donors (Lipinski definition) is 0. The van der Waals surface area contributed by atoms with E-state index in [9.17, 15) is 9.90 Å². The minimum Gasteiger partial charge on any atom is -0.871 e. The molecule has 4 nitrogen and oxygen atoms in total. The lowest BCUT2D eigenvalue weighted by Crippen LogP contribution is -2.33. The zero-order chi connectivity index (χ0) is 43.8. The number of carbonyl (C=O) groups excluding carboxylic acids is 1. The fraction of sp³-hybridized carbons (Fsp3) is 0.267. The summed E-state index contributed by atoms with van der Waals surface area (Å²) in [5, 5.41) is 24.2. The molecule has 1 aliphatic carbocycles. The van der Waals surface area contributed by atoms with Crippen LogP contribution >= 0.6 is 0 Å². The first-order valence-electron chi connectivity index (χ1n) is 24.0. The van der Waals surface area contributed by atoms with Gasteiger partial charge in [0.1, 0.15) is 6.54 Å². The molecule has 9 rings (SSSR count). The highest BCUT2D eigenvalue weighted by molar-refractivity contribution is 6.39. The molecule has 2 aliphatic rings. The number of nitrogens with zero attached hydrogens (tertiary/aromatic N) is 2. The van der Waals surface area contributed by atoms with Crippen LogP contribution in [-0.2, 0) is 11.3 Å². The summed E-state index contributed by atoms with van der Waals surface area (Å²) in [4.78, 5) is 14.6. The second kappa shape index (κ2) is 19.9. The summed E-state index contributed by atoms with van der Waals surface area (Å²) < 4.78 is 4.45. The number of fused-ring (bicyclic) bond motifs is 4. The fourth-order valence-corrected chi connectivity index (χ4v) is 9.95. The van der Waals surface area contributed by atoms with Crippen LogP contribution < -0.4 is 5.11 Å². The first kappa shape index (κ1) is 42.8. The molecular weight excluding hydrogens is 781 g/mol. The molecule has 0 radical (unpaired) electrons. The number of hydrogen-bond acceptors (Lipinski definition) is 2. The number of benzene rings is 6. The van der Waals surface area contributed by atoms with Crippen molar-refractivity contribution in [2.45, 2.75) is 97.4 Å². The third kappa shape index (κ3) is 8.71. The predicted octanol–water partition coefficient (Wildman–Crippen LogP) is 14.6. The lowest BCUT2D eigenvalue weighted by molar-refractivity contribution is -0.469. The van der Waals surface area contributed by atoms with Crippen molar-refractivity contribution in [3.8, 4) is 0 Å². The molecule has 0 N–H and O–H groups in total. The van der Waals surface area contributed by atoms with E-state index in [1.807, 2.05) is 12.1 Å². The predicted molar refractivity (Wildman–Crippen MR) is 270 cm³/mol. The second-order valence-electron chi connectivity index (χ2n) is 17.7. The number of ketones is 1. The summed E-state index contributed by atoms with van der Waals surface area (Å²) in [6.45, 7) is 5.98. The summed E-state index contributed by atoms with van der Waals surface area (Å²) >= 11 is 0. The van der Waals surface area contributed by atoms with Gasteiger partial charge in [0.2, 0.25) is 17.2 Å². The summed E-state index contributed by atoms with van der Waals surface area (Å²) in [5.41, 5.74) is 6.42. The number of carbonyl (C=O) groups is 1. The van der Waals surface area contributed by atoms with Crippen LogP contribution in [0.5, 0.6) is 0 Å². The fourth-order valence-electron chi connectivity index (χ4n) is 9.95. The molecule has 64 heavy (non-hydrogen) atoms. The van der Waals surface area contributed by atoms with Crippen molar-refractivity contribution >= 4 is 78.4 Å². The highest BCUT2D eigenvalue weighted by Crippen LogP contribution is 2.40. The highest BCUT2D eigenvalue weighted by atomic mass is 16.3. The number of allylic oxidation sites excluding steroid dienone is 5. The summed E-state index contributed by atoms with van der Waals surface area (Å²) in [6, 6.07) is 42.8. The average Bonchev–Trinajstić information content (AvgIpc) is 3.90. The number of Topliss-reactive ketones (excluding diaryl/α,β-unsaturated/α-hetero) is 1. The van der Waals surface area contributed by atoms with E-state index in [1.54, 1.807) is 0 Å². The zero-order valence-corrected chi connectivity index (χ0v) is 37.6. The van der Waals surface area contributed by atoms with Gasteiger partial charge < -0.3 is 9.67 Å². The Morgan fingerprint density at radius 1 is 0.516 bits per heavy atom. The lowest BCUT2D eigenvalue weighted by Gasteiger charge is -2.31. The first-order valence-corrected chi connectivity index (χ1v) is 24.0. The summed E-state index contributed by atoms with van der Waals surface area (Å²) in [5.74, 6) is -0.304. The van der Waals surface area contributed by atoms with Gasteiger partial charge in [-0.1, -0.05) is 181 Å². The van der Waals surface area contributed by atoms with Crippen LogP contribution in [0.15, 0.2) is 157 Å².